The van der Waals surface area contributed by atoms with Gasteiger partial charge in [-0.2, -0.15) is 4.98 Å². The normalized spacial score (nSPS) is 26.9. The van der Waals surface area contributed by atoms with Gasteiger partial charge in [0.25, 0.3) is 0 Å². The number of nitrogen functional groups attached to an aromatic ring is 1. The molecule has 0 spiro atoms. The lowest BCUT2D eigenvalue weighted by Crippen LogP contribution is -2.45. The molecule has 2 heterocycles. The van der Waals surface area contributed by atoms with Gasteiger partial charge in [0, 0.05) is 12.6 Å². The van der Waals surface area contributed by atoms with E-state index in [0.717, 1.165) is 38.5 Å². The lowest BCUT2D eigenvalue weighted by Gasteiger charge is -2.31. The Balaban J connectivity index is 2.17. The second-order valence-electron chi connectivity index (χ2n) is 7.38. The zero-order valence-corrected chi connectivity index (χ0v) is 15.9. The number of unbranched alkanes of at least 4 members (excludes halogenated alkanes) is 4. The van der Waals surface area contributed by atoms with Gasteiger partial charge in [0.15, 0.2) is 0 Å². The fourth-order valence-corrected chi connectivity index (χ4v) is 3.70. The maximum Gasteiger partial charge on any atom is 0.351 e. The molecule has 0 aliphatic carbocycles. The van der Waals surface area contributed by atoms with E-state index in [1.807, 2.05) is 0 Å². The average molecular weight is 367 g/mol. The highest BCUT2D eigenvalue weighted by atomic mass is 16.5. The Morgan fingerprint density at radius 2 is 2.04 bits per heavy atom. The number of hydrogen-bond acceptors (Lipinski definition) is 6. The van der Waals surface area contributed by atoms with Gasteiger partial charge in [-0.1, -0.05) is 52.4 Å². The summed E-state index contributed by atoms with van der Waals surface area (Å²) >= 11 is 0. The van der Waals surface area contributed by atoms with Gasteiger partial charge in [0.1, 0.15) is 18.1 Å². The number of hydrogen-bond donors (Lipinski definition) is 3. The van der Waals surface area contributed by atoms with E-state index in [-0.39, 0.29) is 12.2 Å². The first-order valence-corrected chi connectivity index (χ1v) is 9.82. The molecule has 0 amide bonds. The van der Waals surface area contributed by atoms with E-state index < -0.39 is 29.7 Å². The minimum Gasteiger partial charge on any atom is -0.390 e. The van der Waals surface area contributed by atoms with Crippen molar-refractivity contribution in [3.05, 3.63) is 22.7 Å². The molecule has 0 bridgehead atoms. The predicted octanol–water partition coefficient (Wildman–Crippen LogP) is 2.37. The number of aliphatic hydroxyl groups is 2. The highest BCUT2D eigenvalue weighted by Crippen LogP contribution is 2.41. The molecule has 1 unspecified atom stereocenters. The molecule has 4 N–H and O–H groups in total. The largest absolute Gasteiger partial charge is 0.390 e. The van der Waals surface area contributed by atoms with Crippen molar-refractivity contribution in [2.24, 2.45) is 0 Å². The molecule has 7 nitrogen and oxygen atoms in total. The third-order valence-corrected chi connectivity index (χ3v) is 5.19. The van der Waals surface area contributed by atoms with Crippen LogP contribution in [0.3, 0.4) is 0 Å². The van der Waals surface area contributed by atoms with E-state index in [2.05, 4.69) is 18.8 Å². The van der Waals surface area contributed by atoms with Crippen molar-refractivity contribution in [1.82, 2.24) is 9.55 Å². The SMILES string of the molecule is CCCCCC(O)[C@H]1O[C@@H](n2ccc(N)nc2=O)C[C@@]1(O)CCCCC. The van der Waals surface area contributed by atoms with Crippen molar-refractivity contribution in [3.8, 4) is 0 Å². The topological polar surface area (TPSA) is 111 Å². The second kappa shape index (κ2) is 9.48. The highest BCUT2D eigenvalue weighted by Gasteiger charge is 2.50. The molecule has 148 valence electrons. The summed E-state index contributed by atoms with van der Waals surface area (Å²) in [5, 5.41) is 21.9. The van der Waals surface area contributed by atoms with Gasteiger partial charge < -0.3 is 20.7 Å². The van der Waals surface area contributed by atoms with Crippen molar-refractivity contribution >= 4 is 5.82 Å². The number of rotatable bonds is 10. The van der Waals surface area contributed by atoms with Crippen LogP contribution in [0.15, 0.2) is 17.1 Å². The maximum absolute atomic E-state index is 12.1. The Bertz CT molecular complexity index is 621. The number of nitrogens with two attached hydrogens (primary N) is 1. The maximum atomic E-state index is 12.1. The molecule has 1 aliphatic heterocycles. The Hall–Kier alpha value is -1.44. The third-order valence-electron chi connectivity index (χ3n) is 5.19. The highest BCUT2D eigenvalue weighted by molar-refractivity contribution is 5.23. The van der Waals surface area contributed by atoms with Gasteiger partial charge in [0.05, 0.1) is 11.7 Å². The number of nitrogens with zero attached hydrogens (tertiary/aromatic N) is 2. The number of aromatic nitrogens is 2. The molecule has 1 aromatic heterocycles. The molecular weight excluding hydrogens is 334 g/mol. The number of ether oxygens (including phenoxy) is 1. The van der Waals surface area contributed by atoms with Crippen LogP contribution in [0, 0.1) is 0 Å². The first-order valence-electron chi connectivity index (χ1n) is 9.82. The van der Waals surface area contributed by atoms with Gasteiger partial charge >= 0.3 is 5.69 Å². The second-order valence-corrected chi connectivity index (χ2v) is 7.38. The first kappa shape index (κ1) is 20.9. The van der Waals surface area contributed by atoms with Crippen molar-refractivity contribution in [2.45, 2.75) is 95.7 Å². The average Bonchev–Trinajstić information content (AvgIpc) is 2.93. The molecule has 2 rings (SSSR count). The monoisotopic (exact) mass is 367 g/mol. The fraction of sp³-hybridized carbons (Fsp3) is 0.789. The van der Waals surface area contributed by atoms with E-state index in [1.165, 1.54) is 16.8 Å². The van der Waals surface area contributed by atoms with E-state index in [0.29, 0.717) is 12.8 Å². The Kier molecular flexibility index (Phi) is 7.61. The molecular formula is C19H33N3O4. The van der Waals surface area contributed by atoms with E-state index in [1.54, 1.807) is 0 Å². The minimum absolute atomic E-state index is 0.151. The van der Waals surface area contributed by atoms with Crippen LogP contribution in [-0.4, -0.2) is 37.6 Å². The van der Waals surface area contributed by atoms with Gasteiger partial charge in [-0.3, -0.25) is 4.57 Å². The first-order chi connectivity index (χ1) is 12.4. The van der Waals surface area contributed by atoms with E-state index >= 15 is 0 Å². The standard InChI is InChI=1S/C19H33N3O4/c1-3-5-7-9-14(23)17-19(25,11-8-6-4-2)13-16(26-17)22-12-10-15(20)21-18(22)24/h10,12,14,16-17,23,25H,3-9,11,13H2,1-2H3,(H2,20,21,24)/t14?,16-,17-,19+/m1/s1. The van der Waals surface area contributed by atoms with Crippen LogP contribution in [0.25, 0.3) is 0 Å². The molecule has 26 heavy (non-hydrogen) atoms. The molecule has 0 aromatic carbocycles. The fourth-order valence-electron chi connectivity index (χ4n) is 3.70. The van der Waals surface area contributed by atoms with Crippen molar-refractivity contribution in [1.29, 1.82) is 0 Å². The molecule has 1 fully saturated rings. The van der Waals surface area contributed by atoms with Gasteiger partial charge in [-0.05, 0) is 18.9 Å². The molecule has 1 aliphatic rings. The summed E-state index contributed by atoms with van der Waals surface area (Å²) < 4.78 is 7.34. The summed E-state index contributed by atoms with van der Waals surface area (Å²) in [5.74, 6) is 0.151. The van der Waals surface area contributed by atoms with Crippen LogP contribution < -0.4 is 11.4 Å². The molecule has 4 atom stereocenters. The summed E-state index contributed by atoms with van der Waals surface area (Å²) in [5.41, 5.74) is 3.90. The van der Waals surface area contributed by atoms with Crippen LogP contribution in [0.5, 0.6) is 0 Å². The number of anilines is 1. The smallest absolute Gasteiger partial charge is 0.351 e. The zero-order valence-electron chi connectivity index (χ0n) is 15.9. The van der Waals surface area contributed by atoms with E-state index in [9.17, 15) is 15.0 Å². The molecule has 0 radical (unpaired) electrons. The van der Waals surface area contributed by atoms with Gasteiger partial charge in [-0.15, -0.1) is 0 Å². The van der Waals surface area contributed by atoms with Crippen molar-refractivity contribution < 1.29 is 14.9 Å². The van der Waals surface area contributed by atoms with Crippen LogP contribution in [0.1, 0.15) is 77.9 Å². The summed E-state index contributed by atoms with van der Waals surface area (Å²) in [6.07, 6.45) is 6.71. The minimum atomic E-state index is -1.15. The van der Waals surface area contributed by atoms with Crippen LogP contribution in [-0.2, 0) is 4.74 Å². The lowest BCUT2D eigenvalue weighted by atomic mass is 9.85. The van der Waals surface area contributed by atoms with Crippen molar-refractivity contribution in [2.75, 3.05) is 5.73 Å². The molecule has 7 heteroatoms. The third kappa shape index (κ3) is 5.05. The Labute approximate surface area is 155 Å². The Morgan fingerprint density at radius 1 is 1.35 bits per heavy atom. The van der Waals surface area contributed by atoms with Crippen LogP contribution in [0.2, 0.25) is 0 Å². The quantitative estimate of drug-likeness (QED) is 0.548. The van der Waals surface area contributed by atoms with Gasteiger partial charge in [-0.25, -0.2) is 4.79 Å². The van der Waals surface area contributed by atoms with Crippen LogP contribution >= 0.6 is 0 Å². The van der Waals surface area contributed by atoms with Crippen LogP contribution in [0.4, 0.5) is 5.82 Å². The Morgan fingerprint density at radius 3 is 2.69 bits per heavy atom. The predicted molar refractivity (Wildman–Crippen MR) is 101 cm³/mol. The molecule has 0 saturated carbocycles. The van der Waals surface area contributed by atoms with E-state index in [4.69, 9.17) is 10.5 Å². The molecule has 1 saturated heterocycles. The lowest BCUT2D eigenvalue weighted by molar-refractivity contribution is -0.121. The summed E-state index contributed by atoms with van der Waals surface area (Å²) in [6.45, 7) is 4.21. The van der Waals surface area contributed by atoms with Crippen molar-refractivity contribution in [3.63, 3.8) is 0 Å². The summed E-state index contributed by atoms with van der Waals surface area (Å²) in [7, 11) is 0. The van der Waals surface area contributed by atoms with Gasteiger partial charge in [0.2, 0.25) is 0 Å². The summed E-state index contributed by atoms with van der Waals surface area (Å²) in [6, 6.07) is 1.53. The number of aliphatic hydroxyl groups excluding tert-OH is 1. The molecule has 1 aromatic rings. The zero-order chi connectivity index (χ0) is 19.2. The summed E-state index contributed by atoms with van der Waals surface area (Å²) in [4.78, 5) is 15.9.